The van der Waals surface area contributed by atoms with E-state index in [-0.39, 0.29) is 17.3 Å². The van der Waals surface area contributed by atoms with Gasteiger partial charge in [-0.25, -0.2) is 13.8 Å². The molecular formula is C13H13F2N3OS. The van der Waals surface area contributed by atoms with Crippen LogP contribution in [0, 0.1) is 18.6 Å². The molecule has 0 aliphatic heterocycles. The number of nitrogens with two attached hydrogens (primary N) is 1. The minimum absolute atomic E-state index is 0.269. The average molecular weight is 297 g/mol. The lowest BCUT2D eigenvalue weighted by atomic mass is 10.1. The highest BCUT2D eigenvalue weighted by Crippen LogP contribution is 2.21. The monoisotopic (exact) mass is 297 g/mol. The zero-order chi connectivity index (χ0) is 14.9. The summed E-state index contributed by atoms with van der Waals surface area (Å²) in [7, 11) is 0. The minimum Gasteiger partial charge on any atom is -0.396 e. The molecule has 0 radical (unpaired) electrons. The van der Waals surface area contributed by atoms with Gasteiger partial charge in [-0.05, 0) is 19.9 Å². The van der Waals surface area contributed by atoms with Crippen LogP contribution in [0.3, 0.4) is 0 Å². The Morgan fingerprint density at radius 2 is 2.10 bits per heavy atom. The van der Waals surface area contributed by atoms with Gasteiger partial charge in [0.25, 0.3) is 5.91 Å². The zero-order valence-corrected chi connectivity index (χ0v) is 11.7. The van der Waals surface area contributed by atoms with Crippen LogP contribution in [0.15, 0.2) is 18.3 Å². The number of halogens is 2. The summed E-state index contributed by atoms with van der Waals surface area (Å²) >= 11 is 1.44. The van der Waals surface area contributed by atoms with Crippen LogP contribution < -0.4 is 11.1 Å². The second-order valence-electron chi connectivity index (χ2n) is 4.36. The number of nitrogens with zero attached hydrogens (tertiary/aromatic N) is 1. The van der Waals surface area contributed by atoms with Crippen LogP contribution >= 0.6 is 11.3 Å². The van der Waals surface area contributed by atoms with E-state index < -0.39 is 17.5 Å². The van der Waals surface area contributed by atoms with Crippen molar-refractivity contribution in [3.63, 3.8) is 0 Å². The molecular weight excluding hydrogens is 284 g/mol. The van der Waals surface area contributed by atoms with Crippen molar-refractivity contribution in [2.75, 3.05) is 5.73 Å². The van der Waals surface area contributed by atoms with Gasteiger partial charge in [0.2, 0.25) is 0 Å². The van der Waals surface area contributed by atoms with Crippen LogP contribution in [0.1, 0.15) is 33.2 Å². The Labute approximate surface area is 118 Å². The highest BCUT2D eigenvalue weighted by molar-refractivity contribution is 7.11. The maximum Gasteiger partial charge on any atom is 0.254 e. The Balaban J connectivity index is 2.18. The van der Waals surface area contributed by atoms with Gasteiger partial charge in [0.1, 0.15) is 16.6 Å². The van der Waals surface area contributed by atoms with Gasteiger partial charge < -0.3 is 11.1 Å². The number of carbonyl (C=O) groups excluding carboxylic acids is 1. The minimum atomic E-state index is -0.947. The fourth-order valence-corrected chi connectivity index (χ4v) is 2.42. The molecule has 2 rings (SSSR count). The van der Waals surface area contributed by atoms with E-state index in [0.29, 0.717) is 11.1 Å². The van der Waals surface area contributed by atoms with Gasteiger partial charge >= 0.3 is 0 Å². The number of anilines is 1. The lowest BCUT2D eigenvalue weighted by Crippen LogP contribution is -2.27. The van der Waals surface area contributed by atoms with Crippen LogP contribution in [0.2, 0.25) is 0 Å². The number of amides is 1. The predicted octanol–water partition coefficient (Wildman–Crippen LogP) is 2.80. The Hall–Kier alpha value is -2.02. The lowest BCUT2D eigenvalue weighted by molar-refractivity contribution is 0.0935. The predicted molar refractivity (Wildman–Crippen MR) is 73.5 cm³/mol. The highest BCUT2D eigenvalue weighted by atomic mass is 32.1. The number of benzene rings is 1. The van der Waals surface area contributed by atoms with Crippen molar-refractivity contribution in [3.05, 3.63) is 45.4 Å². The number of nitrogen functional groups attached to an aromatic ring is 1. The number of nitrogens with one attached hydrogen (secondary N) is 1. The van der Waals surface area contributed by atoms with E-state index in [1.807, 2.05) is 6.92 Å². The first-order valence-corrected chi connectivity index (χ1v) is 6.68. The number of thiazole rings is 1. The molecule has 0 aliphatic rings. The number of hydrogen-bond donors (Lipinski definition) is 2. The summed E-state index contributed by atoms with van der Waals surface area (Å²) in [5.74, 6) is -2.49. The van der Waals surface area contributed by atoms with Crippen LogP contribution in [0.4, 0.5) is 14.5 Å². The normalized spacial score (nSPS) is 12.2. The Morgan fingerprint density at radius 1 is 1.40 bits per heavy atom. The van der Waals surface area contributed by atoms with E-state index in [2.05, 4.69) is 10.3 Å². The molecule has 3 N–H and O–H groups in total. The van der Waals surface area contributed by atoms with Crippen LogP contribution in [-0.2, 0) is 0 Å². The molecule has 106 valence electrons. The molecule has 1 heterocycles. The summed E-state index contributed by atoms with van der Waals surface area (Å²) in [5.41, 5.74) is 4.78. The van der Waals surface area contributed by atoms with Gasteiger partial charge in [0.05, 0.1) is 17.3 Å². The first-order chi connectivity index (χ1) is 9.38. The largest absolute Gasteiger partial charge is 0.396 e. The standard InChI is InChI=1S/C13H13F2N3OS/c1-6-5-17-13(20-6)7(2)18-12(19)8-3-11(16)10(15)4-9(8)14/h3-5,7H,16H2,1-2H3,(H,18,19). The van der Waals surface area contributed by atoms with Gasteiger partial charge in [0, 0.05) is 17.1 Å². The third-order valence-corrected chi connectivity index (χ3v) is 3.78. The first kappa shape index (κ1) is 14.4. The Kier molecular flexibility index (Phi) is 3.99. The summed E-state index contributed by atoms with van der Waals surface area (Å²) in [6, 6.07) is 1.22. The number of hydrogen-bond acceptors (Lipinski definition) is 4. The highest BCUT2D eigenvalue weighted by Gasteiger charge is 2.18. The van der Waals surface area contributed by atoms with Crippen molar-refractivity contribution in [1.29, 1.82) is 0 Å². The van der Waals surface area contributed by atoms with Crippen molar-refractivity contribution >= 4 is 22.9 Å². The number of carbonyl (C=O) groups is 1. The molecule has 1 atom stereocenters. The molecule has 7 heteroatoms. The summed E-state index contributed by atoms with van der Waals surface area (Å²) in [6.45, 7) is 3.64. The Morgan fingerprint density at radius 3 is 2.70 bits per heavy atom. The maximum atomic E-state index is 13.6. The Bertz CT molecular complexity index is 657. The molecule has 1 aromatic carbocycles. The van der Waals surface area contributed by atoms with Gasteiger partial charge in [-0.3, -0.25) is 4.79 Å². The fraction of sp³-hybridized carbons (Fsp3) is 0.231. The lowest BCUT2D eigenvalue weighted by Gasteiger charge is -2.12. The SMILES string of the molecule is Cc1cnc(C(C)NC(=O)c2cc(N)c(F)cc2F)s1. The van der Waals surface area contributed by atoms with Gasteiger partial charge in [-0.15, -0.1) is 11.3 Å². The summed E-state index contributed by atoms with van der Waals surface area (Å²) in [6.07, 6.45) is 1.69. The van der Waals surface area contributed by atoms with Crippen molar-refractivity contribution in [3.8, 4) is 0 Å². The average Bonchev–Trinajstić information content (AvgIpc) is 2.80. The maximum absolute atomic E-state index is 13.6. The van der Waals surface area contributed by atoms with Crippen molar-refractivity contribution in [2.45, 2.75) is 19.9 Å². The first-order valence-electron chi connectivity index (χ1n) is 5.86. The van der Waals surface area contributed by atoms with Gasteiger partial charge in [0.15, 0.2) is 0 Å². The molecule has 1 aromatic heterocycles. The van der Waals surface area contributed by atoms with E-state index in [0.717, 1.165) is 10.9 Å². The summed E-state index contributed by atoms with van der Waals surface area (Å²) in [4.78, 5) is 17.1. The van der Waals surface area contributed by atoms with Gasteiger partial charge in [-0.2, -0.15) is 0 Å². The van der Waals surface area contributed by atoms with Crippen molar-refractivity contribution < 1.29 is 13.6 Å². The molecule has 0 spiro atoms. The number of aromatic nitrogens is 1. The molecule has 0 saturated heterocycles. The van der Waals surface area contributed by atoms with E-state index in [4.69, 9.17) is 5.73 Å². The molecule has 0 saturated carbocycles. The molecule has 1 unspecified atom stereocenters. The third kappa shape index (κ3) is 2.93. The van der Waals surface area contributed by atoms with E-state index in [1.54, 1.807) is 13.1 Å². The fourth-order valence-electron chi connectivity index (χ4n) is 1.65. The van der Waals surface area contributed by atoms with Gasteiger partial charge in [-0.1, -0.05) is 0 Å². The van der Waals surface area contributed by atoms with Crippen molar-refractivity contribution in [2.24, 2.45) is 0 Å². The quantitative estimate of drug-likeness (QED) is 0.856. The van der Waals surface area contributed by atoms with E-state index in [1.165, 1.54) is 11.3 Å². The topological polar surface area (TPSA) is 68.0 Å². The second-order valence-corrected chi connectivity index (χ2v) is 5.62. The molecule has 4 nitrogen and oxygen atoms in total. The third-order valence-electron chi connectivity index (χ3n) is 2.69. The van der Waals surface area contributed by atoms with E-state index in [9.17, 15) is 13.6 Å². The summed E-state index contributed by atoms with van der Waals surface area (Å²) < 4.78 is 26.6. The van der Waals surface area contributed by atoms with Crippen LogP contribution in [-0.4, -0.2) is 10.9 Å². The van der Waals surface area contributed by atoms with Crippen molar-refractivity contribution in [1.82, 2.24) is 10.3 Å². The summed E-state index contributed by atoms with van der Waals surface area (Å²) in [5, 5.41) is 3.32. The molecule has 2 aromatic rings. The smallest absolute Gasteiger partial charge is 0.254 e. The number of aryl methyl sites for hydroxylation is 1. The molecule has 0 bridgehead atoms. The molecule has 0 aliphatic carbocycles. The molecule has 20 heavy (non-hydrogen) atoms. The molecule has 1 amide bonds. The zero-order valence-electron chi connectivity index (χ0n) is 10.9. The number of rotatable bonds is 3. The molecule has 0 fully saturated rings. The second kappa shape index (κ2) is 5.54. The van der Waals surface area contributed by atoms with Crippen LogP contribution in [0.25, 0.3) is 0 Å². The van der Waals surface area contributed by atoms with Crippen LogP contribution in [0.5, 0.6) is 0 Å². The van der Waals surface area contributed by atoms with E-state index >= 15 is 0 Å².